The zero-order chi connectivity index (χ0) is 8.43. The Kier molecular flexibility index (Phi) is 2.33. The van der Waals surface area contributed by atoms with Gasteiger partial charge in [-0.1, -0.05) is 23.2 Å². The number of nitrogens with zero attached hydrogens (tertiary/aromatic N) is 2. The van der Waals surface area contributed by atoms with Gasteiger partial charge in [-0.05, 0) is 13.0 Å². The van der Waals surface area contributed by atoms with Gasteiger partial charge >= 0.3 is 0 Å². The van der Waals surface area contributed by atoms with E-state index in [0.29, 0.717) is 16.3 Å². The Morgan fingerprint density at radius 1 is 1.55 bits per heavy atom. The second kappa shape index (κ2) is 3.08. The van der Waals surface area contributed by atoms with Crippen molar-refractivity contribution in [3.05, 3.63) is 27.5 Å². The van der Waals surface area contributed by atoms with Crippen molar-refractivity contribution in [3.63, 3.8) is 0 Å². The largest absolute Gasteiger partial charge is 0.238 e. The molecule has 0 saturated heterocycles. The molecule has 0 atom stereocenters. The predicted molar refractivity (Wildman–Crippen MR) is 43.7 cm³/mol. The van der Waals surface area contributed by atoms with Crippen molar-refractivity contribution in [2.24, 2.45) is 0 Å². The molecule has 0 saturated carbocycles. The lowest BCUT2D eigenvalue weighted by Gasteiger charge is -1.97. The molecule has 0 amide bonds. The molecule has 1 aromatic heterocycles. The Morgan fingerprint density at radius 3 is 2.73 bits per heavy atom. The zero-order valence-corrected chi connectivity index (χ0v) is 7.24. The summed E-state index contributed by atoms with van der Waals surface area (Å²) in [5.74, 6) is 0. The molecule has 1 aromatic rings. The molecule has 1 rings (SSSR count). The van der Waals surface area contributed by atoms with Gasteiger partial charge in [-0.25, -0.2) is 4.98 Å². The quantitative estimate of drug-likeness (QED) is 0.585. The topological polar surface area (TPSA) is 36.7 Å². The van der Waals surface area contributed by atoms with Crippen LogP contribution in [0.15, 0.2) is 6.07 Å². The molecule has 0 fully saturated rings. The summed E-state index contributed by atoms with van der Waals surface area (Å²) in [5.41, 5.74) is 0.943. The third kappa shape index (κ3) is 1.62. The van der Waals surface area contributed by atoms with Crippen LogP contribution in [-0.4, -0.2) is 4.98 Å². The molecule has 0 aliphatic heterocycles. The number of rotatable bonds is 0. The minimum absolute atomic E-state index is 0.203. The number of aromatic nitrogens is 1. The molecule has 0 radical (unpaired) electrons. The molecule has 56 valence electrons. The van der Waals surface area contributed by atoms with Crippen molar-refractivity contribution in [1.82, 2.24) is 4.98 Å². The summed E-state index contributed by atoms with van der Waals surface area (Å²) in [7, 11) is 0. The van der Waals surface area contributed by atoms with E-state index in [1.165, 1.54) is 6.07 Å². The summed E-state index contributed by atoms with van der Waals surface area (Å²) >= 11 is 11.3. The number of hydrogen-bond acceptors (Lipinski definition) is 2. The minimum Gasteiger partial charge on any atom is -0.238 e. The molecular formula is C7H4Cl2N2. The molecule has 0 bridgehead atoms. The van der Waals surface area contributed by atoms with Crippen LogP contribution in [0, 0.1) is 18.3 Å². The monoisotopic (exact) mass is 186 g/mol. The highest BCUT2D eigenvalue weighted by Crippen LogP contribution is 2.19. The van der Waals surface area contributed by atoms with Gasteiger partial charge < -0.3 is 0 Å². The number of pyridine rings is 1. The molecule has 2 nitrogen and oxygen atoms in total. The lowest BCUT2D eigenvalue weighted by atomic mass is 10.3. The normalized spacial score (nSPS) is 9.27. The van der Waals surface area contributed by atoms with E-state index >= 15 is 0 Å². The number of hydrogen-bond donors (Lipinski definition) is 0. The summed E-state index contributed by atoms with van der Waals surface area (Å²) in [5, 5.41) is 9.17. The minimum atomic E-state index is 0.203. The van der Waals surface area contributed by atoms with Gasteiger partial charge in [-0.3, -0.25) is 0 Å². The molecule has 0 N–H and O–H groups in total. The number of nitriles is 1. The van der Waals surface area contributed by atoms with E-state index in [9.17, 15) is 0 Å². The Hall–Kier alpha value is -0.780. The van der Waals surface area contributed by atoms with Gasteiger partial charge in [0.05, 0.1) is 16.3 Å². The van der Waals surface area contributed by atoms with E-state index in [1.54, 1.807) is 6.92 Å². The lowest BCUT2D eigenvalue weighted by Crippen LogP contribution is -1.87. The van der Waals surface area contributed by atoms with E-state index in [1.807, 2.05) is 6.07 Å². The number of aryl methyl sites for hydroxylation is 1. The van der Waals surface area contributed by atoms with Crippen LogP contribution >= 0.6 is 23.2 Å². The van der Waals surface area contributed by atoms with Crippen molar-refractivity contribution in [2.75, 3.05) is 0 Å². The van der Waals surface area contributed by atoms with Crippen LogP contribution in [0.1, 0.15) is 11.3 Å². The summed E-state index contributed by atoms with van der Waals surface area (Å²) in [6.07, 6.45) is 0. The third-order valence-corrected chi connectivity index (χ3v) is 1.90. The summed E-state index contributed by atoms with van der Waals surface area (Å²) in [4.78, 5) is 3.85. The highest BCUT2D eigenvalue weighted by molar-refractivity contribution is 6.33. The van der Waals surface area contributed by atoms with E-state index in [-0.39, 0.29) is 5.15 Å². The second-order valence-electron chi connectivity index (χ2n) is 2.01. The highest BCUT2D eigenvalue weighted by Gasteiger charge is 2.04. The fourth-order valence-corrected chi connectivity index (χ4v) is 1.00. The predicted octanol–water partition coefficient (Wildman–Crippen LogP) is 2.57. The van der Waals surface area contributed by atoms with Crippen LogP contribution in [0.4, 0.5) is 0 Å². The third-order valence-electron chi connectivity index (χ3n) is 1.23. The average molecular weight is 187 g/mol. The highest BCUT2D eigenvalue weighted by atomic mass is 35.5. The Balaban J connectivity index is 3.35. The molecule has 0 aliphatic rings. The number of halogens is 2. The van der Waals surface area contributed by atoms with Crippen LogP contribution in [0.3, 0.4) is 0 Å². The van der Waals surface area contributed by atoms with Gasteiger partial charge in [0, 0.05) is 0 Å². The first-order valence-electron chi connectivity index (χ1n) is 2.88. The maximum Gasteiger partial charge on any atom is 0.147 e. The van der Waals surface area contributed by atoms with Crippen LogP contribution in [-0.2, 0) is 0 Å². The maximum absolute atomic E-state index is 8.50. The van der Waals surface area contributed by atoms with Gasteiger partial charge in [-0.15, -0.1) is 0 Å². The summed E-state index contributed by atoms with van der Waals surface area (Å²) in [6, 6.07) is 3.39. The molecule has 0 aliphatic carbocycles. The molecule has 11 heavy (non-hydrogen) atoms. The first kappa shape index (κ1) is 8.32. The molecular weight excluding hydrogens is 183 g/mol. The Bertz CT molecular complexity index is 328. The Morgan fingerprint density at radius 2 is 2.18 bits per heavy atom. The van der Waals surface area contributed by atoms with E-state index in [0.717, 1.165) is 0 Å². The second-order valence-corrected chi connectivity index (χ2v) is 2.77. The standard InChI is InChI=1S/C7H4Cl2N2/c1-4-6(8)2-5(3-10)7(9)11-4/h2H,1H3. The fourth-order valence-electron chi connectivity index (χ4n) is 0.630. The van der Waals surface area contributed by atoms with Crippen LogP contribution in [0.2, 0.25) is 10.2 Å². The molecule has 4 heteroatoms. The van der Waals surface area contributed by atoms with Crippen molar-refractivity contribution >= 4 is 23.2 Å². The van der Waals surface area contributed by atoms with Crippen molar-refractivity contribution < 1.29 is 0 Å². The van der Waals surface area contributed by atoms with E-state index < -0.39 is 0 Å². The van der Waals surface area contributed by atoms with Gasteiger partial charge in [0.2, 0.25) is 0 Å². The lowest BCUT2D eigenvalue weighted by molar-refractivity contribution is 1.19. The van der Waals surface area contributed by atoms with Crippen molar-refractivity contribution in [1.29, 1.82) is 5.26 Å². The van der Waals surface area contributed by atoms with Crippen molar-refractivity contribution in [3.8, 4) is 6.07 Å². The van der Waals surface area contributed by atoms with Gasteiger partial charge in [-0.2, -0.15) is 5.26 Å². The molecule has 0 spiro atoms. The SMILES string of the molecule is Cc1nc(Cl)c(C#N)cc1Cl. The van der Waals surface area contributed by atoms with Gasteiger partial charge in [0.25, 0.3) is 0 Å². The van der Waals surface area contributed by atoms with Crippen LogP contribution in [0.5, 0.6) is 0 Å². The summed E-state index contributed by atoms with van der Waals surface area (Å²) in [6.45, 7) is 1.73. The van der Waals surface area contributed by atoms with E-state index in [4.69, 9.17) is 28.5 Å². The fraction of sp³-hybridized carbons (Fsp3) is 0.143. The first-order valence-corrected chi connectivity index (χ1v) is 3.63. The van der Waals surface area contributed by atoms with E-state index in [2.05, 4.69) is 4.98 Å². The molecule has 0 aromatic carbocycles. The van der Waals surface area contributed by atoms with Crippen molar-refractivity contribution in [2.45, 2.75) is 6.92 Å². The maximum atomic E-state index is 8.50. The first-order chi connectivity index (χ1) is 5.15. The average Bonchev–Trinajstić information content (AvgIpc) is 1.97. The van der Waals surface area contributed by atoms with Gasteiger partial charge in [0.15, 0.2) is 0 Å². The smallest absolute Gasteiger partial charge is 0.147 e. The van der Waals surface area contributed by atoms with Crippen LogP contribution in [0.25, 0.3) is 0 Å². The zero-order valence-electron chi connectivity index (χ0n) is 5.73. The molecule has 1 heterocycles. The Labute approximate surface area is 74.4 Å². The van der Waals surface area contributed by atoms with Gasteiger partial charge in [0.1, 0.15) is 11.2 Å². The molecule has 0 unspecified atom stereocenters. The van der Waals surface area contributed by atoms with Crippen LogP contribution < -0.4 is 0 Å². The summed E-state index contributed by atoms with van der Waals surface area (Å²) < 4.78 is 0.